The first-order valence-electron chi connectivity index (χ1n) is 15.1. The van der Waals surface area contributed by atoms with Gasteiger partial charge in [-0.25, -0.2) is 0 Å². The lowest BCUT2D eigenvalue weighted by atomic mass is 10.0. The van der Waals surface area contributed by atoms with Crippen LogP contribution in [0.3, 0.4) is 0 Å². The van der Waals surface area contributed by atoms with Gasteiger partial charge in [-0.15, -0.1) is 0 Å². The number of rotatable bonds is 27. The lowest BCUT2D eigenvalue weighted by Gasteiger charge is -2.24. The molecule has 0 aliphatic carbocycles. The van der Waals surface area contributed by atoms with E-state index in [9.17, 15) is 14.3 Å². The van der Waals surface area contributed by atoms with Crippen LogP contribution in [-0.4, -0.2) is 75.1 Å². The van der Waals surface area contributed by atoms with Crippen molar-refractivity contribution in [1.29, 1.82) is 0 Å². The molecule has 0 aromatic rings. The van der Waals surface area contributed by atoms with Crippen molar-refractivity contribution in [3.63, 3.8) is 0 Å². The van der Waals surface area contributed by atoms with E-state index in [0.717, 1.165) is 30.3 Å². The Morgan fingerprint density at radius 2 is 1.24 bits per heavy atom. The van der Waals surface area contributed by atoms with Crippen molar-refractivity contribution < 1.29 is 32.7 Å². The van der Waals surface area contributed by atoms with Crippen LogP contribution in [-0.2, 0) is 23.4 Å². The van der Waals surface area contributed by atoms with Crippen molar-refractivity contribution in [2.24, 2.45) is 0 Å². The number of hydrogen-bond acceptors (Lipinski definition) is 5. The average molecular weight is 551 g/mol. The zero-order valence-electron chi connectivity index (χ0n) is 25.0. The maximum Gasteiger partial charge on any atom is 0.328 e. The van der Waals surface area contributed by atoms with Crippen LogP contribution in [0.2, 0.25) is 0 Å². The Morgan fingerprint density at radius 3 is 1.70 bits per heavy atom. The van der Waals surface area contributed by atoms with Gasteiger partial charge in [0.05, 0.1) is 47.1 Å². The summed E-state index contributed by atoms with van der Waals surface area (Å²) < 4.78 is 29.3. The van der Waals surface area contributed by atoms with Crippen LogP contribution >= 0.6 is 7.60 Å². The Bertz CT molecular complexity index is 581. The molecule has 0 amide bonds. The number of ether oxygens (including phenoxy) is 2. The summed E-state index contributed by atoms with van der Waals surface area (Å²) in [6.07, 6.45) is 20.7. The second-order valence-corrected chi connectivity index (χ2v) is 13.6. The van der Waals surface area contributed by atoms with Gasteiger partial charge >= 0.3 is 13.6 Å². The Labute approximate surface area is 229 Å². The van der Waals surface area contributed by atoms with Crippen LogP contribution in [0.5, 0.6) is 0 Å². The minimum absolute atomic E-state index is 0.111. The third-order valence-corrected chi connectivity index (χ3v) is 7.94. The van der Waals surface area contributed by atoms with Gasteiger partial charge in [0.1, 0.15) is 6.10 Å². The number of quaternary nitrogens is 1. The van der Waals surface area contributed by atoms with Gasteiger partial charge in [0, 0.05) is 13.5 Å². The van der Waals surface area contributed by atoms with Crippen molar-refractivity contribution in [3.05, 3.63) is 0 Å². The molecule has 0 radical (unpaired) electrons. The fraction of sp³-hybridized carbons (Fsp3) is 0.966. The highest BCUT2D eigenvalue weighted by atomic mass is 31.2. The second kappa shape index (κ2) is 23.4. The molecule has 0 rings (SSSR count). The summed E-state index contributed by atoms with van der Waals surface area (Å²) >= 11 is 0. The lowest BCUT2D eigenvalue weighted by molar-refractivity contribution is -0.870. The summed E-state index contributed by atoms with van der Waals surface area (Å²) in [7, 11) is 2.58. The van der Waals surface area contributed by atoms with Gasteiger partial charge in [0.15, 0.2) is 0 Å². The van der Waals surface area contributed by atoms with Gasteiger partial charge in [-0.3, -0.25) is 9.36 Å². The fourth-order valence-corrected chi connectivity index (χ4v) is 5.45. The number of nitrogens with zero attached hydrogens (tertiary/aromatic N) is 1. The maximum atomic E-state index is 12.3. The first-order chi connectivity index (χ1) is 17.6. The molecule has 2 unspecified atom stereocenters. The van der Waals surface area contributed by atoms with Crippen LogP contribution in [0.4, 0.5) is 0 Å². The molecular formula is C29H61NO6P+. The molecule has 0 aromatic carbocycles. The molecule has 0 saturated heterocycles. The van der Waals surface area contributed by atoms with Gasteiger partial charge in [0.25, 0.3) is 0 Å². The molecule has 0 bridgehead atoms. The number of carbonyl (C=O) groups is 1. The fourth-order valence-electron chi connectivity index (χ4n) is 4.30. The highest BCUT2D eigenvalue weighted by Gasteiger charge is 2.23. The largest absolute Gasteiger partial charge is 0.458 e. The van der Waals surface area contributed by atoms with E-state index >= 15 is 0 Å². The molecule has 0 aliphatic heterocycles. The highest BCUT2D eigenvalue weighted by Crippen LogP contribution is 2.43. The third-order valence-electron chi connectivity index (χ3n) is 6.51. The summed E-state index contributed by atoms with van der Waals surface area (Å²) in [4.78, 5) is 21.5. The minimum atomic E-state index is -3.70. The smallest absolute Gasteiger partial charge is 0.328 e. The van der Waals surface area contributed by atoms with Gasteiger partial charge < -0.3 is 23.4 Å². The van der Waals surface area contributed by atoms with Crippen LogP contribution in [0.25, 0.3) is 0 Å². The Kier molecular flexibility index (Phi) is 23.1. The molecule has 222 valence electrons. The summed E-state index contributed by atoms with van der Waals surface area (Å²) in [5.41, 5.74) is 0. The normalized spacial score (nSPS) is 14.4. The molecule has 0 heterocycles. The number of carbonyl (C=O) groups excluding carboxylic acids is 1. The van der Waals surface area contributed by atoms with Crippen molar-refractivity contribution in [1.82, 2.24) is 0 Å². The van der Waals surface area contributed by atoms with Gasteiger partial charge in [-0.05, 0) is 19.3 Å². The number of unbranched alkanes of at least 4 members (excludes halogenated alkanes) is 15. The number of esters is 1. The van der Waals surface area contributed by atoms with Crippen LogP contribution in [0.1, 0.15) is 123 Å². The maximum absolute atomic E-state index is 12.3. The predicted molar refractivity (Wildman–Crippen MR) is 154 cm³/mol. The zero-order valence-corrected chi connectivity index (χ0v) is 25.9. The van der Waals surface area contributed by atoms with E-state index in [-0.39, 0.29) is 19.4 Å². The van der Waals surface area contributed by atoms with Crippen molar-refractivity contribution in [2.75, 3.05) is 53.7 Å². The molecule has 1 N–H and O–H groups in total. The Balaban J connectivity index is 3.75. The van der Waals surface area contributed by atoms with E-state index in [1.54, 1.807) is 0 Å². The van der Waals surface area contributed by atoms with Gasteiger partial charge in [-0.2, -0.15) is 0 Å². The first kappa shape index (κ1) is 36.5. The average Bonchev–Trinajstić information content (AvgIpc) is 2.81. The quantitative estimate of drug-likeness (QED) is 0.0494. The molecule has 37 heavy (non-hydrogen) atoms. The molecule has 0 spiro atoms. The van der Waals surface area contributed by atoms with E-state index in [4.69, 9.17) is 14.0 Å². The molecule has 0 fully saturated rings. The van der Waals surface area contributed by atoms with Crippen LogP contribution in [0.15, 0.2) is 0 Å². The molecule has 8 heteroatoms. The molecule has 2 atom stereocenters. The molecule has 7 nitrogen and oxygen atoms in total. The van der Waals surface area contributed by atoms with Crippen molar-refractivity contribution in [3.8, 4) is 0 Å². The third kappa shape index (κ3) is 28.4. The van der Waals surface area contributed by atoms with E-state index in [0.29, 0.717) is 13.0 Å². The predicted octanol–water partition coefficient (Wildman–Crippen LogP) is 7.49. The number of hydrogen-bond donors (Lipinski definition) is 1. The van der Waals surface area contributed by atoms with Crippen LogP contribution in [0, 0.1) is 0 Å². The summed E-state index contributed by atoms with van der Waals surface area (Å²) in [5.74, 6) is -0.445. The molecule has 0 aliphatic rings. The van der Waals surface area contributed by atoms with Gasteiger partial charge in [-0.1, -0.05) is 96.8 Å². The molecular weight excluding hydrogens is 489 g/mol. The summed E-state index contributed by atoms with van der Waals surface area (Å²) in [5, 5.41) is 0. The topological polar surface area (TPSA) is 82.1 Å². The lowest BCUT2D eigenvalue weighted by Crippen LogP contribution is -2.35. The first-order valence-corrected chi connectivity index (χ1v) is 16.8. The second-order valence-electron chi connectivity index (χ2n) is 11.6. The SMILES string of the molecule is CCCCCCCCCCCCCCCCCOCC(COP(=O)(O)CCCC[N+](C)(C)C)OC(C)=O. The monoisotopic (exact) mass is 550 g/mol. The summed E-state index contributed by atoms with van der Waals surface area (Å²) in [6.45, 7) is 5.18. The molecule has 0 saturated carbocycles. The van der Waals surface area contributed by atoms with E-state index in [2.05, 4.69) is 28.1 Å². The highest BCUT2D eigenvalue weighted by molar-refractivity contribution is 7.52. The van der Waals surface area contributed by atoms with Crippen LogP contribution < -0.4 is 0 Å². The van der Waals surface area contributed by atoms with Gasteiger partial charge in [0.2, 0.25) is 0 Å². The standard InChI is InChI=1S/C29H60NO6P/c1-6-7-8-9-10-11-12-13-14-15-16-17-18-19-21-24-34-26-29(36-28(2)31)27-35-37(32,33)25-22-20-23-30(3,4)5/h29H,6-27H2,1-5H3/p+1. The minimum Gasteiger partial charge on any atom is -0.458 e. The Hall–Kier alpha value is -0.460. The van der Waals surface area contributed by atoms with Crippen molar-refractivity contribution in [2.45, 2.75) is 129 Å². The Morgan fingerprint density at radius 1 is 0.757 bits per heavy atom. The van der Waals surface area contributed by atoms with Crippen molar-refractivity contribution >= 4 is 13.6 Å². The van der Waals surface area contributed by atoms with E-state index in [1.807, 2.05) is 0 Å². The van der Waals surface area contributed by atoms with E-state index in [1.165, 1.54) is 90.4 Å². The van der Waals surface area contributed by atoms with E-state index < -0.39 is 19.7 Å². The molecule has 0 aromatic heterocycles. The summed E-state index contributed by atoms with van der Waals surface area (Å²) in [6, 6.07) is 0. The zero-order chi connectivity index (χ0) is 27.8.